The Morgan fingerprint density at radius 3 is 2.57 bits per heavy atom. The highest BCUT2D eigenvalue weighted by Crippen LogP contribution is 2.14. The Hall–Kier alpha value is -2.28. The number of nitrogens with zero attached hydrogens (tertiary/aromatic N) is 1. The number of anilines is 1. The molecular weight excluding hydrogens is 264 g/mol. The Morgan fingerprint density at radius 2 is 2.05 bits per heavy atom. The van der Waals surface area contributed by atoms with Crippen molar-refractivity contribution in [1.82, 2.24) is 0 Å². The molecule has 1 atom stereocenters. The molecule has 0 heterocycles. The average Bonchev–Trinajstić information content (AvgIpc) is 2.50. The molecule has 0 fully saturated rings. The van der Waals surface area contributed by atoms with Crippen LogP contribution in [0.2, 0.25) is 0 Å². The highest BCUT2D eigenvalue weighted by Gasteiger charge is 2.13. The first-order valence-electron chi connectivity index (χ1n) is 7.25. The normalized spacial score (nSPS) is 12.5. The Balaban J connectivity index is 2.69. The van der Waals surface area contributed by atoms with Gasteiger partial charge in [0, 0.05) is 5.69 Å². The molecule has 0 saturated carbocycles. The molecular formula is C17H22N2O2. The summed E-state index contributed by atoms with van der Waals surface area (Å²) in [5.74, 6) is -0.209. The summed E-state index contributed by atoms with van der Waals surface area (Å²) in [7, 11) is 0. The second kappa shape index (κ2) is 8.80. The summed E-state index contributed by atoms with van der Waals surface area (Å²) in [5, 5.41) is 9.09. The quantitative estimate of drug-likeness (QED) is 0.360. The fourth-order valence-corrected chi connectivity index (χ4v) is 1.98. The Bertz CT molecular complexity index is 527. The van der Waals surface area contributed by atoms with Gasteiger partial charge in [0.2, 0.25) is 0 Å². The van der Waals surface area contributed by atoms with Gasteiger partial charge in [0.1, 0.15) is 11.6 Å². The van der Waals surface area contributed by atoms with Gasteiger partial charge in [-0.2, -0.15) is 5.26 Å². The number of nitriles is 1. The lowest BCUT2D eigenvalue weighted by Crippen LogP contribution is -2.14. The molecule has 0 saturated heterocycles. The summed E-state index contributed by atoms with van der Waals surface area (Å²) in [6.45, 7) is 4.54. The summed E-state index contributed by atoms with van der Waals surface area (Å²) in [4.78, 5) is 11.9. The molecule has 21 heavy (non-hydrogen) atoms. The predicted molar refractivity (Wildman–Crippen MR) is 84.1 cm³/mol. The number of hydrogen-bond donors (Lipinski definition) is 1. The molecule has 0 aliphatic carbocycles. The first kappa shape index (κ1) is 16.8. The van der Waals surface area contributed by atoms with Crippen LogP contribution in [0.25, 0.3) is 6.08 Å². The third-order valence-corrected chi connectivity index (χ3v) is 3.31. The summed E-state index contributed by atoms with van der Waals surface area (Å²) in [5.41, 5.74) is 6.99. The lowest BCUT2D eigenvalue weighted by molar-refractivity contribution is -0.139. The van der Waals surface area contributed by atoms with Gasteiger partial charge in [-0.25, -0.2) is 4.79 Å². The van der Waals surface area contributed by atoms with Crippen LogP contribution in [0.15, 0.2) is 29.8 Å². The van der Waals surface area contributed by atoms with Crippen molar-refractivity contribution in [3.8, 4) is 6.07 Å². The van der Waals surface area contributed by atoms with Crippen molar-refractivity contribution in [2.24, 2.45) is 5.92 Å². The maximum atomic E-state index is 11.9. The Kier molecular flexibility index (Phi) is 7.03. The molecule has 2 N–H and O–H groups in total. The number of carbonyl (C=O) groups excluding carboxylic acids is 1. The lowest BCUT2D eigenvalue weighted by Gasteiger charge is -2.13. The highest BCUT2D eigenvalue weighted by molar-refractivity contribution is 5.97. The summed E-state index contributed by atoms with van der Waals surface area (Å²) in [6.07, 6.45) is 4.56. The minimum absolute atomic E-state index is 0.00567. The van der Waals surface area contributed by atoms with Crippen molar-refractivity contribution < 1.29 is 9.53 Å². The van der Waals surface area contributed by atoms with Gasteiger partial charge in [-0.1, -0.05) is 38.8 Å². The van der Waals surface area contributed by atoms with Gasteiger partial charge in [0.25, 0.3) is 0 Å². The molecule has 112 valence electrons. The number of esters is 1. The zero-order valence-electron chi connectivity index (χ0n) is 12.6. The molecule has 4 heteroatoms. The van der Waals surface area contributed by atoms with Crippen molar-refractivity contribution in [1.29, 1.82) is 5.26 Å². The molecule has 0 bridgehead atoms. The fraction of sp³-hybridized carbons (Fsp3) is 0.412. The van der Waals surface area contributed by atoms with Gasteiger partial charge >= 0.3 is 5.97 Å². The van der Waals surface area contributed by atoms with E-state index in [1.807, 2.05) is 6.07 Å². The molecule has 1 rings (SSSR count). The van der Waals surface area contributed by atoms with Gasteiger partial charge in [-0.15, -0.1) is 0 Å². The van der Waals surface area contributed by atoms with Crippen LogP contribution in [0.1, 0.15) is 38.7 Å². The Labute approximate surface area is 126 Å². The molecule has 4 nitrogen and oxygen atoms in total. The molecule has 1 aromatic carbocycles. The van der Waals surface area contributed by atoms with Gasteiger partial charge < -0.3 is 10.5 Å². The number of nitrogens with two attached hydrogens (primary N) is 1. The minimum Gasteiger partial charge on any atom is -0.461 e. The van der Waals surface area contributed by atoms with Gasteiger partial charge in [-0.05, 0) is 36.1 Å². The molecule has 0 aliphatic heterocycles. The fourth-order valence-electron chi connectivity index (χ4n) is 1.98. The number of nitrogen functional groups attached to an aromatic ring is 1. The van der Waals surface area contributed by atoms with Crippen molar-refractivity contribution >= 4 is 17.7 Å². The standard InChI is InChI=1S/C17H22N2O2/c1-3-5-13(4-2)12-21-17(20)15(11-18)10-14-6-8-16(19)9-7-14/h6-10,13H,3-5,12,19H2,1-2H3. The van der Waals surface area contributed by atoms with Crippen molar-refractivity contribution in [3.05, 3.63) is 35.4 Å². The number of hydrogen-bond acceptors (Lipinski definition) is 4. The molecule has 0 spiro atoms. The molecule has 0 amide bonds. The van der Waals surface area contributed by atoms with E-state index >= 15 is 0 Å². The summed E-state index contributed by atoms with van der Waals surface area (Å²) < 4.78 is 5.24. The maximum Gasteiger partial charge on any atom is 0.348 e. The van der Waals surface area contributed by atoms with Crippen molar-refractivity contribution in [2.45, 2.75) is 33.1 Å². The second-order valence-electron chi connectivity index (χ2n) is 5.00. The molecule has 1 aromatic rings. The van der Waals surface area contributed by atoms with Gasteiger partial charge in [-0.3, -0.25) is 0 Å². The minimum atomic E-state index is -0.566. The second-order valence-corrected chi connectivity index (χ2v) is 5.00. The monoisotopic (exact) mass is 286 g/mol. The maximum absolute atomic E-state index is 11.9. The lowest BCUT2D eigenvalue weighted by atomic mass is 10.0. The van der Waals surface area contributed by atoms with Gasteiger partial charge in [0.05, 0.1) is 6.61 Å². The van der Waals surface area contributed by atoms with E-state index in [4.69, 9.17) is 15.7 Å². The van der Waals surface area contributed by atoms with E-state index in [-0.39, 0.29) is 5.57 Å². The Morgan fingerprint density at radius 1 is 1.38 bits per heavy atom. The molecule has 1 unspecified atom stereocenters. The van der Waals surface area contributed by atoms with Crippen LogP contribution in [0, 0.1) is 17.2 Å². The zero-order chi connectivity index (χ0) is 15.7. The first-order chi connectivity index (χ1) is 10.1. The summed E-state index contributed by atoms with van der Waals surface area (Å²) in [6, 6.07) is 8.85. The zero-order valence-corrected chi connectivity index (χ0v) is 12.6. The van der Waals surface area contributed by atoms with Crippen LogP contribution >= 0.6 is 0 Å². The highest BCUT2D eigenvalue weighted by atomic mass is 16.5. The predicted octanol–water partition coefficient (Wildman–Crippen LogP) is 3.55. The van der Waals surface area contributed by atoms with E-state index in [1.165, 1.54) is 6.08 Å². The molecule has 0 radical (unpaired) electrons. The van der Waals surface area contributed by atoms with Gasteiger partial charge in [0.15, 0.2) is 0 Å². The first-order valence-corrected chi connectivity index (χ1v) is 7.25. The van der Waals surface area contributed by atoms with Crippen LogP contribution in [0.5, 0.6) is 0 Å². The van der Waals surface area contributed by atoms with Crippen molar-refractivity contribution in [3.63, 3.8) is 0 Å². The molecule has 0 aromatic heterocycles. The van der Waals surface area contributed by atoms with Crippen molar-refractivity contribution in [2.75, 3.05) is 12.3 Å². The van der Waals surface area contributed by atoms with Crippen LogP contribution in [0.3, 0.4) is 0 Å². The SMILES string of the molecule is CCCC(CC)COC(=O)C(C#N)=Cc1ccc(N)cc1. The molecule has 0 aliphatic rings. The third kappa shape index (κ3) is 5.70. The van der Waals surface area contributed by atoms with Crippen LogP contribution in [-0.2, 0) is 9.53 Å². The van der Waals surface area contributed by atoms with Crippen LogP contribution in [-0.4, -0.2) is 12.6 Å². The topological polar surface area (TPSA) is 76.1 Å². The number of carbonyl (C=O) groups is 1. The van der Waals surface area contributed by atoms with Crippen LogP contribution < -0.4 is 5.73 Å². The third-order valence-electron chi connectivity index (χ3n) is 3.31. The average molecular weight is 286 g/mol. The number of ether oxygens (including phenoxy) is 1. The van der Waals surface area contributed by atoms with E-state index < -0.39 is 5.97 Å². The van der Waals surface area contributed by atoms with E-state index in [1.54, 1.807) is 24.3 Å². The van der Waals surface area contributed by atoms with E-state index in [0.717, 1.165) is 24.8 Å². The van der Waals surface area contributed by atoms with Crippen LogP contribution in [0.4, 0.5) is 5.69 Å². The number of rotatable bonds is 7. The van der Waals surface area contributed by atoms with E-state index in [2.05, 4.69) is 13.8 Å². The van der Waals surface area contributed by atoms with E-state index in [9.17, 15) is 4.79 Å². The smallest absolute Gasteiger partial charge is 0.348 e. The van der Waals surface area contributed by atoms with E-state index in [0.29, 0.717) is 18.2 Å². The number of benzene rings is 1. The largest absolute Gasteiger partial charge is 0.461 e. The summed E-state index contributed by atoms with van der Waals surface area (Å²) >= 11 is 0.